The quantitative estimate of drug-likeness (QED) is 0.197. The van der Waals surface area contributed by atoms with Gasteiger partial charge in [-0.15, -0.1) is 5.10 Å². The molecule has 5 N–H and O–H groups in total. The van der Waals surface area contributed by atoms with Gasteiger partial charge >= 0.3 is 5.97 Å². The van der Waals surface area contributed by atoms with E-state index in [9.17, 15) is 38.6 Å². The monoisotopic (exact) mass is 799 g/mol. The molecule has 5 atom stereocenters. The Hall–Kier alpha value is -6.36. The summed E-state index contributed by atoms with van der Waals surface area (Å²) in [5.74, 6) is -4.15. The van der Waals surface area contributed by atoms with E-state index in [0.29, 0.717) is 29.1 Å². The summed E-state index contributed by atoms with van der Waals surface area (Å²) in [6.07, 6.45) is 0.249. The molecule has 3 aromatic carbocycles. The van der Waals surface area contributed by atoms with E-state index >= 15 is 0 Å². The van der Waals surface area contributed by atoms with Crippen molar-refractivity contribution < 1.29 is 48.0 Å². The average molecular weight is 800 g/mol. The lowest BCUT2D eigenvalue weighted by Crippen LogP contribution is -2.58. The van der Waals surface area contributed by atoms with Crippen molar-refractivity contribution in [1.29, 1.82) is 0 Å². The first-order chi connectivity index (χ1) is 27.8. The number of nitrogens with zero attached hydrogens (tertiary/aromatic N) is 4. The first kappa shape index (κ1) is 41.3. The van der Waals surface area contributed by atoms with Gasteiger partial charge in [-0.1, -0.05) is 55.5 Å². The molecule has 17 heteroatoms. The molecule has 0 aliphatic carbocycles. The fraction of sp³-hybridized carbons (Fsp3) is 0.390. The standard InChI is InChI=1S/C41H46FN7O9/c1-24(2)16-33-40(54)49-22-29(50)20-35(49)39(53)43-32(19-26-6-5-7-27(42)17-26)38(52)45-34(41(55)56)18-25-10-12-30(13-11-25)57-15-14-48-21-28(46-47-48)23-58-36-9-4-3-8-31(36)37(51)44-33/h3-13,17,21,24,29,32-35,50H,14-16,18-20,22-23H2,1-2H3,(H,43,53)(H,44,51)(H,45,52)(H,55,56)/t29-,32-,33+,34-,35+/m0/s1. The van der Waals surface area contributed by atoms with Crippen molar-refractivity contribution in [3.05, 3.63) is 107 Å². The summed E-state index contributed by atoms with van der Waals surface area (Å²) in [5.41, 5.74) is 1.54. The number of hydrogen-bond acceptors (Lipinski definition) is 10. The molecule has 4 aromatic rings. The highest BCUT2D eigenvalue weighted by Gasteiger charge is 2.43. The Morgan fingerprint density at radius 2 is 1.72 bits per heavy atom. The van der Waals surface area contributed by atoms with Gasteiger partial charge in [-0.05, 0) is 59.9 Å². The van der Waals surface area contributed by atoms with Crippen LogP contribution < -0.4 is 25.4 Å². The zero-order valence-corrected chi connectivity index (χ0v) is 32.0. The SMILES string of the molecule is CC(C)C[C@H]1NC(=O)c2ccccc2OCc2cn(nn2)CCOc2ccc(cc2)C[C@@H](C(=O)O)NC(=O)[C@H](Cc2cccc(F)c2)NC(=O)[C@H]2C[C@H](O)CN2C1=O. The number of hydrogen-bond donors (Lipinski definition) is 5. The van der Waals surface area contributed by atoms with Gasteiger partial charge in [0.25, 0.3) is 5.91 Å². The number of carboxylic acid groups (broad SMARTS) is 1. The van der Waals surface area contributed by atoms with E-state index in [4.69, 9.17) is 9.47 Å². The number of aliphatic hydroxyl groups is 1. The maximum Gasteiger partial charge on any atom is 0.326 e. The Bertz CT molecular complexity index is 2110. The van der Waals surface area contributed by atoms with Gasteiger partial charge in [-0.3, -0.25) is 19.2 Å². The van der Waals surface area contributed by atoms with Crippen molar-refractivity contribution in [3.63, 3.8) is 0 Å². The third-order valence-corrected chi connectivity index (χ3v) is 9.80. The highest BCUT2D eigenvalue weighted by molar-refractivity contribution is 6.00. The van der Waals surface area contributed by atoms with Crippen LogP contribution in [0.5, 0.6) is 11.5 Å². The van der Waals surface area contributed by atoms with Gasteiger partial charge < -0.3 is 40.5 Å². The van der Waals surface area contributed by atoms with Gasteiger partial charge in [0.1, 0.15) is 60.4 Å². The molecule has 0 unspecified atom stereocenters. The molecule has 58 heavy (non-hydrogen) atoms. The highest BCUT2D eigenvalue weighted by atomic mass is 19.1. The van der Waals surface area contributed by atoms with Gasteiger partial charge in [0.15, 0.2) is 0 Å². The van der Waals surface area contributed by atoms with E-state index in [1.165, 1.54) is 23.1 Å². The second-order valence-electron chi connectivity index (χ2n) is 14.8. The Balaban J connectivity index is 1.32. The summed E-state index contributed by atoms with van der Waals surface area (Å²) in [6, 6.07) is 13.4. The van der Waals surface area contributed by atoms with Crippen molar-refractivity contribution in [2.45, 2.75) is 83.0 Å². The maximum absolute atomic E-state index is 14.3. The van der Waals surface area contributed by atoms with Gasteiger partial charge in [0.05, 0.1) is 24.4 Å². The third kappa shape index (κ3) is 10.7. The molecule has 4 amide bonds. The normalized spacial score (nSPS) is 22.4. The molecule has 0 spiro atoms. The van der Waals surface area contributed by atoms with Crippen LogP contribution in [0.3, 0.4) is 0 Å². The van der Waals surface area contributed by atoms with Crippen molar-refractivity contribution in [2.24, 2.45) is 5.92 Å². The fourth-order valence-electron chi connectivity index (χ4n) is 6.94. The molecule has 4 bridgehead atoms. The van der Waals surface area contributed by atoms with Crippen LogP contribution in [0.1, 0.15) is 53.9 Å². The molecular weight excluding hydrogens is 753 g/mol. The van der Waals surface area contributed by atoms with E-state index in [0.717, 1.165) is 0 Å². The van der Waals surface area contributed by atoms with Gasteiger partial charge in [0.2, 0.25) is 17.7 Å². The number of benzene rings is 3. The van der Waals surface area contributed by atoms with Crippen LogP contribution >= 0.6 is 0 Å². The number of aromatic nitrogens is 3. The lowest BCUT2D eigenvalue weighted by molar-refractivity contribution is -0.143. The summed E-state index contributed by atoms with van der Waals surface area (Å²) in [4.78, 5) is 69.6. The van der Waals surface area contributed by atoms with Crippen molar-refractivity contribution in [2.75, 3.05) is 13.2 Å². The molecule has 0 radical (unpaired) electrons. The second kappa shape index (κ2) is 18.7. The summed E-state index contributed by atoms with van der Waals surface area (Å²) < 4.78 is 27.7. The number of fused-ring (bicyclic) bond motifs is 14. The number of carbonyl (C=O) groups excluding carboxylic acids is 4. The molecule has 0 saturated carbocycles. The molecule has 4 heterocycles. The molecule has 7 rings (SSSR count). The van der Waals surface area contributed by atoms with E-state index in [-0.39, 0.29) is 62.7 Å². The smallest absolute Gasteiger partial charge is 0.326 e. The Morgan fingerprint density at radius 1 is 0.948 bits per heavy atom. The molecule has 3 aliphatic heterocycles. The van der Waals surface area contributed by atoms with Gasteiger partial charge in [-0.2, -0.15) is 0 Å². The maximum atomic E-state index is 14.3. The van der Waals surface area contributed by atoms with E-state index in [2.05, 4.69) is 26.3 Å². The molecular formula is C41H46FN7O9. The zero-order chi connectivity index (χ0) is 41.3. The van der Waals surface area contributed by atoms with E-state index in [1.54, 1.807) is 65.5 Å². The molecule has 1 aromatic heterocycles. The first-order valence-electron chi connectivity index (χ1n) is 19.0. The summed E-state index contributed by atoms with van der Waals surface area (Å²) in [7, 11) is 0. The molecule has 1 saturated heterocycles. The number of aliphatic carboxylic acids is 1. The van der Waals surface area contributed by atoms with Gasteiger partial charge in [0, 0.05) is 25.8 Å². The third-order valence-electron chi connectivity index (χ3n) is 9.80. The topological polar surface area (TPSA) is 214 Å². The van der Waals surface area contributed by atoms with Crippen LogP contribution in [0.4, 0.5) is 4.39 Å². The number of carboxylic acids is 1. The summed E-state index contributed by atoms with van der Waals surface area (Å²) >= 11 is 0. The Labute approximate surface area is 333 Å². The molecule has 16 nitrogen and oxygen atoms in total. The zero-order valence-electron chi connectivity index (χ0n) is 32.0. The summed E-state index contributed by atoms with van der Waals surface area (Å²) in [6.45, 7) is 4.06. The Morgan fingerprint density at radius 3 is 2.47 bits per heavy atom. The van der Waals surface area contributed by atoms with Crippen LogP contribution in [0, 0.1) is 11.7 Å². The largest absolute Gasteiger partial charge is 0.492 e. The van der Waals surface area contributed by atoms with E-state index < -0.39 is 65.7 Å². The number of halogens is 1. The lowest BCUT2D eigenvalue weighted by Gasteiger charge is -2.30. The number of aliphatic hydroxyl groups excluding tert-OH is 1. The highest BCUT2D eigenvalue weighted by Crippen LogP contribution is 2.24. The van der Waals surface area contributed by atoms with Crippen LogP contribution in [0.25, 0.3) is 0 Å². The average Bonchev–Trinajstić information content (AvgIpc) is 3.82. The second-order valence-corrected chi connectivity index (χ2v) is 14.8. The van der Waals surface area contributed by atoms with E-state index in [1.807, 2.05) is 13.8 Å². The molecule has 1 fully saturated rings. The molecule has 306 valence electrons. The Kier molecular flexibility index (Phi) is 13.3. The number of carbonyl (C=O) groups is 5. The number of rotatable bonds is 5. The number of para-hydroxylation sites is 1. The number of ether oxygens (including phenoxy) is 2. The minimum absolute atomic E-state index is 0.0155. The van der Waals surface area contributed by atoms with Crippen LogP contribution in [-0.4, -0.2) is 103 Å². The van der Waals surface area contributed by atoms with Crippen molar-refractivity contribution >= 4 is 29.6 Å². The van der Waals surface area contributed by atoms with Crippen LogP contribution in [0.15, 0.2) is 79.0 Å². The predicted molar refractivity (Wildman–Crippen MR) is 205 cm³/mol. The summed E-state index contributed by atoms with van der Waals surface area (Å²) in [5, 5.41) is 37.1. The minimum atomic E-state index is -1.42. The van der Waals surface area contributed by atoms with Crippen molar-refractivity contribution in [1.82, 2.24) is 35.8 Å². The number of nitrogens with one attached hydrogen (secondary N) is 3. The minimum Gasteiger partial charge on any atom is -0.492 e. The van der Waals surface area contributed by atoms with Crippen LogP contribution in [-0.2, 0) is 45.2 Å². The number of amides is 4. The van der Waals surface area contributed by atoms with Crippen LogP contribution in [0.2, 0.25) is 0 Å². The predicted octanol–water partition coefficient (Wildman–Crippen LogP) is 2.03. The molecule has 3 aliphatic rings. The van der Waals surface area contributed by atoms with Gasteiger partial charge in [-0.25, -0.2) is 13.9 Å². The first-order valence-corrected chi connectivity index (χ1v) is 19.0. The fourth-order valence-corrected chi connectivity index (χ4v) is 6.94. The van der Waals surface area contributed by atoms with Crippen molar-refractivity contribution in [3.8, 4) is 11.5 Å². The lowest BCUT2D eigenvalue weighted by atomic mass is 10.0.